The van der Waals surface area contributed by atoms with Gasteiger partial charge in [-0.1, -0.05) is 29.3 Å². The van der Waals surface area contributed by atoms with E-state index in [0.717, 1.165) is 12.1 Å². The Morgan fingerprint density at radius 1 is 1.50 bits per heavy atom. The van der Waals surface area contributed by atoms with Crippen LogP contribution in [-0.2, 0) is 11.3 Å². The summed E-state index contributed by atoms with van der Waals surface area (Å²) >= 11 is 11.9. The van der Waals surface area contributed by atoms with Crippen LogP contribution in [0.3, 0.4) is 0 Å². The first-order chi connectivity index (χ1) is 8.58. The van der Waals surface area contributed by atoms with Crippen LogP contribution in [0.15, 0.2) is 18.2 Å². The highest BCUT2D eigenvalue weighted by Crippen LogP contribution is 2.23. The normalized spacial score (nSPS) is 20.9. The Bertz CT molecular complexity index is 454. The van der Waals surface area contributed by atoms with Crippen molar-refractivity contribution < 1.29 is 9.90 Å². The number of carboxylic acids is 1. The van der Waals surface area contributed by atoms with Gasteiger partial charge < -0.3 is 10.4 Å². The number of piperazine rings is 1. The molecule has 0 radical (unpaired) electrons. The lowest BCUT2D eigenvalue weighted by atomic mass is 10.1. The summed E-state index contributed by atoms with van der Waals surface area (Å²) in [5, 5.41) is 13.4. The number of hydrogen-bond acceptors (Lipinski definition) is 3. The van der Waals surface area contributed by atoms with Gasteiger partial charge in [-0.3, -0.25) is 9.69 Å². The third-order valence-electron chi connectivity index (χ3n) is 3.03. The topological polar surface area (TPSA) is 52.6 Å². The maximum Gasteiger partial charge on any atom is 0.322 e. The van der Waals surface area contributed by atoms with E-state index in [4.69, 9.17) is 28.3 Å². The van der Waals surface area contributed by atoms with Gasteiger partial charge in [-0.25, -0.2) is 0 Å². The lowest BCUT2D eigenvalue weighted by Crippen LogP contribution is -2.54. The number of hydrogen-bond donors (Lipinski definition) is 2. The minimum atomic E-state index is -0.813. The molecule has 1 aliphatic rings. The van der Waals surface area contributed by atoms with E-state index in [-0.39, 0.29) is 0 Å². The monoisotopic (exact) mass is 288 g/mol. The summed E-state index contributed by atoms with van der Waals surface area (Å²) in [6.45, 7) is 2.46. The molecule has 0 aliphatic carbocycles. The van der Waals surface area contributed by atoms with E-state index in [1.54, 1.807) is 12.1 Å². The number of carbonyl (C=O) groups is 1. The van der Waals surface area contributed by atoms with E-state index in [1.165, 1.54) is 0 Å². The zero-order chi connectivity index (χ0) is 13.1. The smallest absolute Gasteiger partial charge is 0.322 e. The first-order valence-corrected chi connectivity index (χ1v) is 6.45. The van der Waals surface area contributed by atoms with Crippen molar-refractivity contribution in [3.8, 4) is 0 Å². The van der Waals surface area contributed by atoms with Gasteiger partial charge in [0.15, 0.2) is 0 Å². The first-order valence-electron chi connectivity index (χ1n) is 5.69. The predicted molar refractivity (Wildman–Crippen MR) is 71.2 cm³/mol. The van der Waals surface area contributed by atoms with Crippen LogP contribution in [0.1, 0.15) is 5.56 Å². The molecule has 1 aromatic carbocycles. The van der Waals surface area contributed by atoms with Crippen molar-refractivity contribution in [2.45, 2.75) is 12.6 Å². The van der Waals surface area contributed by atoms with E-state index in [2.05, 4.69) is 5.32 Å². The van der Waals surface area contributed by atoms with Crippen LogP contribution in [-0.4, -0.2) is 41.7 Å². The van der Waals surface area contributed by atoms with Crippen LogP contribution in [0, 0.1) is 0 Å². The number of benzene rings is 1. The number of halogens is 2. The van der Waals surface area contributed by atoms with Crippen LogP contribution in [0.2, 0.25) is 10.0 Å². The minimum Gasteiger partial charge on any atom is -0.480 e. The fourth-order valence-corrected chi connectivity index (χ4v) is 2.52. The number of nitrogens with zero attached hydrogens (tertiary/aromatic N) is 1. The SMILES string of the molecule is O=C(O)[C@H]1CNCCN1Cc1ccc(Cl)cc1Cl. The maximum absolute atomic E-state index is 11.2. The molecule has 1 saturated heterocycles. The third kappa shape index (κ3) is 3.14. The summed E-state index contributed by atoms with van der Waals surface area (Å²) in [6.07, 6.45) is 0. The average Bonchev–Trinajstić information content (AvgIpc) is 2.33. The van der Waals surface area contributed by atoms with E-state index >= 15 is 0 Å². The minimum absolute atomic E-state index is 0.459. The molecule has 1 aromatic rings. The number of carboxylic acid groups (broad SMARTS) is 1. The fourth-order valence-electron chi connectivity index (χ4n) is 2.05. The molecule has 1 aliphatic heterocycles. The Kier molecular flexibility index (Phi) is 4.45. The van der Waals surface area contributed by atoms with Crippen molar-refractivity contribution in [2.24, 2.45) is 0 Å². The van der Waals surface area contributed by atoms with Crippen LogP contribution in [0.25, 0.3) is 0 Å². The molecule has 0 spiro atoms. The third-order valence-corrected chi connectivity index (χ3v) is 3.61. The molecular weight excluding hydrogens is 275 g/mol. The van der Waals surface area contributed by atoms with Gasteiger partial charge in [-0.05, 0) is 17.7 Å². The molecule has 4 nitrogen and oxygen atoms in total. The molecule has 6 heteroatoms. The molecule has 2 N–H and O–H groups in total. The summed E-state index contributed by atoms with van der Waals surface area (Å²) in [5.74, 6) is -0.813. The van der Waals surface area contributed by atoms with Crippen molar-refractivity contribution in [3.63, 3.8) is 0 Å². The second kappa shape index (κ2) is 5.89. The van der Waals surface area contributed by atoms with Crippen molar-refractivity contribution in [3.05, 3.63) is 33.8 Å². The number of nitrogens with one attached hydrogen (secondary N) is 1. The lowest BCUT2D eigenvalue weighted by Gasteiger charge is -2.33. The van der Waals surface area contributed by atoms with Crippen LogP contribution < -0.4 is 5.32 Å². The Balaban J connectivity index is 2.13. The predicted octanol–water partition coefficient (Wildman–Crippen LogP) is 1.85. The molecule has 0 bridgehead atoms. The molecule has 98 valence electrons. The van der Waals surface area contributed by atoms with Crippen LogP contribution in [0.4, 0.5) is 0 Å². The highest BCUT2D eigenvalue weighted by atomic mass is 35.5. The van der Waals surface area contributed by atoms with Crippen molar-refractivity contribution in [1.82, 2.24) is 10.2 Å². The second-order valence-electron chi connectivity index (χ2n) is 4.26. The van der Waals surface area contributed by atoms with E-state index in [9.17, 15) is 4.79 Å². The molecule has 0 unspecified atom stereocenters. The van der Waals surface area contributed by atoms with Crippen LogP contribution in [0.5, 0.6) is 0 Å². The van der Waals surface area contributed by atoms with Crippen LogP contribution >= 0.6 is 23.2 Å². The molecule has 1 fully saturated rings. The quantitative estimate of drug-likeness (QED) is 0.891. The maximum atomic E-state index is 11.2. The van der Waals surface area contributed by atoms with E-state index < -0.39 is 12.0 Å². The lowest BCUT2D eigenvalue weighted by molar-refractivity contribution is -0.144. The molecule has 18 heavy (non-hydrogen) atoms. The zero-order valence-electron chi connectivity index (χ0n) is 9.70. The van der Waals surface area contributed by atoms with E-state index in [1.807, 2.05) is 11.0 Å². The zero-order valence-corrected chi connectivity index (χ0v) is 11.2. The standard InChI is InChI=1S/C12H14Cl2N2O2/c13-9-2-1-8(10(14)5-9)7-16-4-3-15-6-11(16)12(17)18/h1-2,5,11,15H,3-4,6-7H2,(H,17,18)/t11-/m1/s1. The van der Waals surface area contributed by atoms with Crippen molar-refractivity contribution >= 4 is 29.2 Å². The Morgan fingerprint density at radius 3 is 2.94 bits per heavy atom. The molecule has 1 heterocycles. The number of aliphatic carboxylic acids is 1. The largest absolute Gasteiger partial charge is 0.480 e. The van der Waals surface area contributed by atoms with Gasteiger partial charge in [0, 0.05) is 36.2 Å². The summed E-state index contributed by atoms with van der Waals surface area (Å²) in [7, 11) is 0. The summed E-state index contributed by atoms with van der Waals surface area (Å²) in [6, 6.07) is 4.77. The van der Waals surface area contributed by atoms with Gasteiger partial charge in [0.05, 0.1) is 0 Å². The molecule has 0 amide bonds. The molecule has 2 rings (SSSR count). The van der Waals surface area contributed by atoms with Gasteiger partial charge in [0.25, 0.3) is 0 Å². The summed E-state index contributed by atoms with van der Waals surface area (Å²) in [5.41, 5.74) is 0.897. The Morgan fingerprint density at radius 2 is 2.28 bits per heavy atom. The fraction of sp³-hybridized carbons (Fsp3) is 0.417. The Labute approximate surface area is 115 Å². The van der Waals surface area contributed by atoms with Crippen molar-refractivity contribution in [2.75, 3.05) is 19.6 Å². The van der Waals surface area contributed by atoms with Gasteiger partial charge in [-0.2, -0.15) is 0 Å². The van der Waals surface area contributed by atoms with E-state index in [0.29, 0.717) is 29.7 Å². The second-order valence-corrected chi connectivity index (χ2v) is 5.11. The molecule has 0 saturated carbocycles. The molecule has 1 atom stereocenters. The average molecular weight is 289 g/mol. The van der Waals surface area contributed by atoms with Crippen molar-refractivity contribution in [1.29, 1.82) is 0 Å². The highest BCUT2D eigenvalue weighted by molar-refractivity contribution is 6.35. The van der Waals surface area contributed by atoms with Gasteiger partial charge in [-0.15, -0.1) is 0 Å². The summed E-state index contributed by atoms with van der Waals surface area (Å²) in [4.78, 5) is 13.1. The van der Waals surface area contributed by atoms with Gasteiger partial charge in [0.2, 0.25) is 0 Å². The highest BCUT2D eigenvalue weighted by Gasteiger charge is 2.28. The molecular formula is C12H14Cl2N2O2. The first kappa shape index (κ1) is 13.6. The van der Waals surface area contributed by atoms with Gasteiger partial charge in [0.1, 0.15) is 6.04 Å². The molecule has 0 aromatic heterocycles. The van der Waals surface area contributed by atoms with Gasteiger partial charge >= 0.3 is 5.97 Å². The summed E-state index contributed by atoms with van der Waals surface area (Å²) < 4.78 is 0. The number of rotatable bonds is 3. The Hall–Kier alpha value is -0.810.